The van der Waals surface area contributed by atoms with Crippen molar-refractivity contribution in [2.24, 2.45) is 5.41 Å². The van der Waals surface area contributed by atoms with Gasteiger partial charge < -0.3 is 10.1 Å². The number of aromatic nitrogens is 1. The van der Waals surface area contributed by atoms with Gasteiger partial charge in [0.05, 0.1) is 6.42 Å². The van der Waals surface area contributed by atoms with E-state index in [1.54, 1.807) is 6.08 Å². The molecule has 0 saturated carbocycles. The molecular formula is C11H17NO2. The molecule has 78 valence electrons. The Labute approximate surface area is 84.5 Å². The number of aliphatic carboxylic acids is 1. The molecule has 1 rings (SSSR count). The van der Waals surface area contributed by atoms with Crippen LogP contribution in [-0.4, -0.2) is 16.1 Å². The smallest absolute Gasteiger partial charge is 0.304 e. The van der Waals surface area contributed by atoms with Crippen molar-refractivity contribution < 1.29 is 9.90 Å². The summed E-state index contributed by atoms with van der Waals surface area (Å²) in [4.78, 5) is 13.0. The molecule has 0 aliphatic heterocycles. The fraction of sp³-hybridized carbons (Fsp3) is 0.364. The van der Waals surface area contributed by atoms with Crippen LogP contribution in [0.5, 0.6) is 0 Å². The third kappa shape index (κ3) is 7.16. The summed E-state index contributed by atoms with van der Waals surface area (Å²) >= 11 is 0. The van der Waals surface area contributed by atoms with E-state index in [-0.39, 0.29) is 11.8 Å². The van der Waals surface area contributed by atoms with Crippen molar-refractivity contribution in [2.45, 2.75) is 20.3 Å². The predicted octanol–water partition coefficient (Wildman–Crippen LogP) is 2.69. The van der Waals surface area contributed by atoms with Crippen molar-refractivity contribution in [1.29, 1.82) is 0 Å². The first-order valence-electron chi connectivity index (χ1n) is 4.41. The Balaban J connectivity index is 0.000000280. The van der Waals surface area contributed by atoms with Crippen LogP contribution in [0.1, 0.15) is 20.3 Å². The van der Waals surface area contributed by atoms with Gasteiger partial charge in [0.15, 0.2) is 0 Å². The van der Waals surface area contributed by atoms with Gasteiger partial charge in [-0.1, -0.05) is 19.9 Å². The lowest BCUT2D eigenvalue weighted by atomic mass is 9.90. The van der Waals surface area contributed by atoms with E-state index in [1.165, 1.54) is 0 Å². The summed E-state index contributed by atoms with van der Waals surface area (Å²) in [6, 6.07) is 3.89. The second kappa shape index (κ2) is 6.02. The minimum absolute atomic E-state index is 0.149. The van der Waals surface area contributed by atoms with Crippen LogP contribution < -0.4 is 0 Å². The molecule has 0 aliphatic rings. The van der Waals surface area contributed by atoms with Crippen LogP contribution in [-0.2, 0) is 4.79 Å². The molecule has 3 heteroatoms. The molecule has 0 radical (unpaired) electrons. The van der Waals surface area contributed by atoms with Gasteiger partial charge in [-0.2, -0.15) is 0 Å². The van der Waals surface area contributed by atoms with Gasteiger partial charge in [0, 0.05) is 12.4 Å². The van der Waals surface area contributed by atoms with E-state index in [9.17, 15) is 4.79 Å². The van der Waals surface area contributed by atoms with Crippen molar-refractivity contribution >= 4 is 5.97 Å². The molecule has 0 aromatic carbocycles. The van der Waals surface area contributed by atoms with E-state index < -0.39 is 5.97 Å². The average Bonchev–Trinajstić information content (AvgIpc) is 2.58. The maximum Gasteiger partial charge on any atom is 0.304 e. The largest absolute Gasteiger partial charge is 0.481 e. The van der Waals surface area contributed by atoms with Gasteiger partial charge >= 0.3 is 5.97 Å². The lowest BCUT2D eigenvalue weighted by molar-refractivity contribution is -0.138. The minimum atomic E-state index is -0.778. The fourth-order valence-corrected chi connectivity index (χ4v) is 0.740. The molecule has 0 saturated heterocycles. The summed E-state index contributed by atoms with van der Waals surface area (Å²) in [5.41, 5.74) is -0.272. The molecule has 0 atom stereocenters. The summed E-state index contributed by atoms with van der Waals surface area (Å²) < 4.78 is 0. The normalized spacial score (nSPS) is 9.86. The zero-order valence-electron chi connectivity index (χ0n) is 8.66. The molecule has 2 N–H and O–H groups in total. The van der Waals surface area contributed by atoms with E-state index in [0.29, 0.717) is 0 Å². The van der Waals surface area contributed by atoms with Gasteiger partial charge in [-0.15, -0.1) is 6.58 Å². The minimum Gasteiger partial charge on any atom is -0.481 e. The molecule has 0 fully saturated rings. The number of aromatic amines is 1. The number of allylic oxidation sites excluding steroid dienone is 1. The monoisotopic (exact) mass is 195 g/mol. The highest BCUT2D eigenvalue weighted by Gasteiger charge is 2.16. The topological polar surface area (TPSA) is 53.1 Å². The first-order valence-corrected chi connectivity index (χ1v) is 4.41. The number of carboxylic acid groups (broad SMARTS) is 1. The number of hydrogen-bond acceptors (Lipinski definition) is 1. The van der Waals surface area contributed by atoms with Gasteiger partial charge in [0.25, 0.3) is 0 Å². The Morgan fingerprint density at radius 3 is 2.14 bits per heavy atom. The molecule has 3 nitrogen and oxygen atoms in total. The Hall–Kier alpha value is -1.51. The number of hydrogen-bond donors (Lipinski definition) is 2. The van der Waals surface area contributed by atoms with Crippen molar-refractivity contribution in [2.75, 3.05) is 0 Å². The highest BCUT2D eigenvalue weighted by molar-refractivity contribution is 5.67. The molecule has 1 aromatic heterocycles. The van der Waals surface area contributed by atoms with Gasteiger partial charge in [-0.05, 0) is 17.5 Å². The second-order valence-electron chi connectivity index (χ2n) is 3.65. The third-order valence-corrected chi connectivity index (χ3v) is 1.66. The average molecular weight is 195 g/mol. The van der Waals surface area contributed by atoms with Crippen LogP contribution in [0.4, 0.5) is 0 Å². The number of carboxylic acids is 1. The molecular weight excluding hydrogens is 178 g/mol. The molecule has 0 bridgehead atoms. The van der Waals surface area contributed by atoms with Crippen LogP contribution in [0.15, 0.2) is 37.2 Å². The standard InChI is InChI=1S/C7H12O2.C4H5N/c1-4-7(2,3)5-6(8)9;1-2-4-5-3-1/h4H,1,5H2,2-3H3,(H,8,9);1-5H. The fourth-order valence-electron chi connectivity index (χ4n) is 0.740. The maximum absolute atomic E-state index is 10.1. The summed E-state index contributed by atoms with van der Waals surface area (Å²) in [6.07, 6.45) is 5.55. The molecule has 0 amide bonds. The summed E-state index contributed by atoms with van der Waals surface area (Å²) in [6.45, 7) is 7.20. The van der Waals surface area contributed by atoms with Gasteiger partial charge in [0.1, 0.15) is 0 Å². The van der Waals surface area contributed by atoms with Crippen LogP contribution in [0, 0.1) is 5.41 Å². The zero-order valence-corrected chi connectivity index (χ0v) is 8.66. The van der Waals surface area contributed by atoms with E-state index in [2.05, 4.69) is 11.6 Å². The van der Waals surface area contributed by atoms with Gasteiger partial charge in [-0.3, -0.25) is 4.79 Å². The van der Waals surface area contributed by atoms with Crippen LogP contribution in [0.3, 0.4) is 0 Å². The first kappa shape index (κ1) is 12.5. The third-order valence-electron chi connectivity index (χ3n) is 1.66. The van der Waals surface area contributed by atoms with E-state index in [1.807, 2.05) is 38.4 Å². The number of rotatable bonds is 3. The SMILES string of the molecule is C=CC(C)(C)CC(=O)O.c1cc[nH]c1. The quantitative estimate of drug-likeness (QED) is 0.728. The number of carbonyl (C=O) groups is 1. The maximum atomic E-state index is 10.1. The van der Waals surface area contributed by atoms with Crippen LogP contribution >= 0.6 is 0 Å². The first-order chi connectivity index (χ1) is 6.48. The molecule has 0 unspecified atom stereocenters. The van der Waals surface area contributed by atoms with Crippen molar-refractivity contribution in [3.63, 3.8) is 0 Å². The lowest BCUT2D eigenvalue weighted by Crippen LogP contribution is -2.12. The Kier molecular flexibility index (Phi) is 5.37. The predicted molar refractivity (Wildman–Crippen MR) is 57.0 cm³/mol. The highest BCUT2D eigenvalue weighted by atomic mass is 16.4. The molecule has 0 aliphatic carbocycles. The summed E-state index contributed by atoms with van der Waals surface area (Å²) in [5, 5.41) is 8.33. The van der Waals surface area contributed by atoms with Crippen molar-refractivity contribution in [1.82, 2.24) is 4.98 Å². The molecule has 0 spiro atoms. The van der Waals surface area contributed by atoms with Crippen LogP contribution in [0.25, 0.3) is 0 Å². The van der Waals surface area contributed by atoms with Crippen molar-refractivity contribution in [3.8, 4) is 0 Å². The summed E-state index contributed by atoms with van der Waals surface area (Å²) in [7, 11) is 0. The van der Waals surface area contributed by atoms with E-state index in [0.717, 1.165) is 0 Å². The number of H-pyrrole nitrogens is 1. The van der Waals surface area contributed by atoms with Gasteiger partial charge in [0.2, 0.25) is 0 Å². The van der Waals surface area contributed by atoms with Crippen molar-refractivity contribution in [3.05, 3.63) is 37.2 Å². The molecule has 1 heterocycles. The summed E-state index contributed by atoms with van der Waals surface area (Å²) in [5.74, 6) is -0.778. The second-order valence-corrected chi connectivity index (χ2v) is 3.65. The Morgan fingerprint density at radius 2 is 2.00 bits per heavy atom. The lowest BCUT2D eigenvalue weighted by Gasteiger charge is -2.15. The van der Waals surface area contributed by atoms with E-state index in [4.69, 9.17) is 5.11 Å². The van der Waals surface area contributed by atoms with E-state index >= 15 is 0 Å². The highest BCUT2D eigenvalue weighted by Crippen LogP contribution is 2.20. The zero-order chi connectivity index (χ0) is 11.0. The molecule has 14 heavy (non-hydrogen) atoms. The Bertz CT molecular complexity index is 246. The van der Waals surface area contributed by atoms with Gasteiger partial charge in [-0.25, -0.2) is 0 Å². The Morgan fingerprint density at radius 1 is 1.50 bits per heavy atom. The molecule has 1 aromatic rings. The van der Waals surface area contributed by atoms with Crippen LogP contribution in [0.2, 0.25) is 0 Å². The number of nitrogens with one attached hydrogen (secondary N) is 1.